The molecule has 0 N–H and O–H groups in total. The fourth-order valence-electron chi connectivity index (χ4n) is 2.81. The van der Waals surface area contributed by atoms with E-state index in [1.165, 1.54) is 10.5 Å². The van der Waals surface area contributed by atoms with E-state index in [4.69, 9.17) is 4.74 Å². The van der Waals surface area contributed by atoms with Crippen molar-refractivity contribution < 1.29 is 13.2 Å². The first kappa shape index (κ1) is 16.9. The molecule has 1 aliphatic heterocycles. The third-order valence-electron chi connectivity index (χ3n) is 4.45. The molecule has 1 saturated heterocycles. The molecule has 130 valence electrons. The van der Waals surface area contributed by atoms with Gasteiger partial charge in [-0.2, -0.15) is 9.40 Å². The summed E-state index contributed by atoms with van der Waals surface area (Å²) in [6.45, 7) is 4.59. The van der Waals surface area contributed by atoms with E-state index >= 15 is 0 Å². The van der Waals surface area contributed by atoms with Crippen molar-refractivity contribution in [3.63, 3.8) is 0 Å². The highest BCUT2D eigenvalue weighted by Gasteiger charge is 2.32. The molecule has 0 radical (unpaired) electrons. The lowest BCUT2D eigenvalue weighted by Gasteiger charge is -2.31. The maximum Gasteiger partial charge on any atom is 0.246 e. The van der Waals surface area contributed by atoms with Gasteiger partial charge in [-0.3, -0.25) is 4.68 Å². The first-order chi connectivity index (χ1) is 11.4. The molecular formula is C16H22N4O3S. The molecule has 0 amide bonds. The molecule has 0 saturated carbocycles. The van der Waals surface area contributed by atoms with E-state index < -0.39 is 10.0 Å². The zero-order valence-electron chi connectivity index (χ0n) is 14.1. The summed E-state index contributed by atoms with van der Waals surface area (Å²) >= 11 is 0. The predicted octanol–water partition coefficient (Wildman–Crippen LogP) is 1.66. The van der Waals surface area contributed by atoms with E-state index in [2.05, 4.69) is 10.1 Å². The van der Waals surface area contributed by atoms with Crippen molar-refractivity contribution in [2.45, 2.75) is 37.7 Å². The zero-order valence-corrected chi connectivity index (χ0v) is 15.0. The Hall–Kier alpha value is -1.93. The van der Waals surface area contributed by atoms with Crippen molar-refractivity contribution in [1.82, 2.24) is 19.1 Å². The molecule has 0 aliphatic carbocycles. The number of piperidine rings is 1. The molecule has 0 spiro atoms. The first-order valence-corrected chi connectivity index (χ1v) is 9.40. The molecule has 2 aromatic heterocycles. The lowest BCUT2D eigenvalue weighted by molar-refractivity contribution is 0.129. The van der Waals surface area contributed by atoms with Crippen LogP contribution in [0.15, 0.2) is 29.4 Å². The number of rotatable bonds is 4. The molecule has 0 unspecified atom stereocenters. The summed E-state index contributed by atoms with van der Waals surface area (Å²) in [6.07, 6.45) is 4.40. The number of aryl methyl sites for hydroxylation is 2. The van der Waals surface area contributed by atoms with Gasteiger partial charge in [-0.25, -0.2) is 13.4 Å². The highest BCUT2D eigenvalue weighted by molar-refractivity contribution is 7.89. The number of pyridine rings is 1. The first-order valence-electron chi connectivity index (χ1n) is 7.96. The molecule has 7 nitrogen and oxygen atoms in total. The molecule has 2 aromatic rings. The largest absolute Gasteiger partial charge is 0.474 e. The molecule has 1 fully saturated rings. The molecule has 0 bridgehead atoms. The minimum Gasteiger partial charge on any atom is -0.474 e. The molecule has 3 rings (SSSR count). The fourth-order valence-corrected chi connectivity index (χ4v) is 4.47. The Morgan fingerprint density at radius 2 is 1.96 bits per heavy atom. The van der Waals surface area contributed by atoms with Crippen molar-refractivity contribution in [1.29, 1.82) is 0 Å². The third kappa shape index (κ3) is 3.16. The zero-order chi connectivity index (χ0) is 17.3. The molecule has 3 heterocycles. The highest BCUT2D eigenvalue weighted by atomic mass is 32.2. The van der Waals surface area contributed by atoms with Gasteiger partial charge in [0.25, 0.3) is 0 Å². The second-order valence-corrected chi connectivity index (χ2v) is 7.97. The summed E-state index contributed by atoms with van der Waals surface area (Å²) < 4.78 is 34.5. The minimum absolute atomic E-state index is 0.0138. The van der Waals surface area contributed by atoms with Gasteiger partial charge in [-0.1, -0.05) is 6.07 Å². The van der Waals surface area contributed by atoms with Gasteiger partial charge in [-0.15, -0.1) is 0 Å². The minimum atomic E-state index is -3.50. The number of hydrogen-bond donors (Lipinski definition) is 0. The number of aromatic nitrogens is 3. The third-order valence-corrected chi connectivity index (χ3v) is 6.45. The van der Waals surface area contributed by atoms with Crippen LogP contribution in [0, 0.1) is 13.8 Å². The van der Waals surface area contributed by atoms with Crippen molar-refractivity contribution in [2.75, 3.05) is 13.1 Å². The Bertz CT molecular complexity index is 824. The molecule has 0 atom stereocenters. The van der Waals surface area contributed by atoms with Gasteiger partial charge < -0.3 is 4.74 Å². The van der Waals surface area contributed by atoms with E-state index in [9.17, 15) is 8.42 Å². The summed E-state index contributed by atoms with van der Waals surface area (Å²) in [5.41, 5.74) is 1.64. The fraction of sp³-hybridized carbons (Fsp3) is 0.500. The normalized spacial score (nSPS) is 17.1. The van der Waals surface area contributed by atoms with Crippen LogP contribution in [0.3, 0.4) is 0 Å². The Morgan fingerprint density at radius 3 is 2.54 bits per heavy atom. The average molecular weight is 350 g/mol. The van der Waals surface area contributed by atoms with Crippen LogP contribution in [0.2, 0.25) is 0 Å². The van der Waals surface area contributed by atoms with Crippen molar-refractivity contribution in [2.24, 2.45) is 7.05 Å². The maximum absolute atomic E-state index is 12.8. The number of nitrogens with zero attached hydrogens (tertiary/aromatic N) is 4. The second kappa shape index (κ2) is 6.52. The van der Waals surface area contributed by atoms with Gasteiger partial charge >= 0.3 is 0 Å². The summed E-state index contributed by atoms with van der Waals surface area (Å²) in [4.78, 5) is 4.52. The van der Waals surface area contributed by atoms with Gasteiger partial charge in [0.15, 0.2) is 0 Å². The van der Waals surface area contributed by atoms with Crippen LogP contribution in [0.1, 0.15) is 24.1 Å². The standard InChI is InChI=1S/C16H22N4O3S/c1-12-5-4-8-17-16(12)23-14-6-9-20(10-7-14)24(21,22)15-11-18-19(3)13(15)2/h4-5,8,11,14H,6-7,9-10H2,1-3H3. The quantitative estimate of drug-likeness (QED) is 0.838. The van der Waals surface area contributed by atoms with Crippen LogP contribution in [0.4, 0.5) is 0 Å². The monoisotopic (exact) mass is 350 g/mol. The van der Waals surface area contributed by atoms with E-state index in [1.54, 1.807) is 24.9 Å². The Labute approximate surface area is 142 Å². The van der Waals surface area contributed by atoms with Gasteiger partial charge in [0.05, 0.1) is 11.9 Å². The molecule has 0 aromatic carbocycles. The highest BCUT2D eigenvalue weighted by Crippen LogP contribution is 2.25. The smallest absolute Gasteiger partial charge is 0.246 e. The van der Waals surface area contributed by atoms with E-state index in [1.807, 2.05) is 19.1 Å². The molecule has 24 heavy (non-hydrogen) atoms. The Morgan fingerprint density at radius 1 is 1.25 bits per heavy atom. The summed E-state index contributed by atoms with van der Waals surface area (Å²) in [7, 11) is -1.76. The number of sulfonamides is 1. The number of ether oxygens (including phenoxy) is 1. The SMILES string of the molecule is Cc1cccnc1OC1CCN(S(=O)(=O)c2cnn(C)c2C)CC1. The van der Waals surface area contributed by atoms with Gasteiger partial charge in [0, 0.05) is 31.9 Å². The predicted molar refractivity (Wildman–Crippen MR) is 89.3 cm³/mol. The van der Waals surface area contributed by atoms with Crippen LogP contribution in [-0.2, 0) is 17.1 Å². The van der Waals surface area contributed by atoms with Crippen LogP contribution in [-0.4, -0.2) is 46.7 Å². The van der Waals surface area contributed by atoms with Gasteiger partial charge in [0.2, 0.25) is 15.9 Å². The van der Waals surface area contributed by atoms with Gasteiger partial charge in [-0.05, 0) is 32.8 Å². The lowest BCUT2D eigenvalue weighted by atomic mass is 10.1. The van der Waals surface area contributed by atoms with Crippen molar-refractivity contribution in [3.8, 4) is 5.88 Å². The molecule has 1 aliphatic rings. The maximum atomic E-state index is 12.8. The van der Waals surface area contributed by atoms with Crippen molar-refractivity contribution >= 4 is 10.0 Å². The van der Waals surface area contributed by atoms with E-state index in [-0.39, 0.29) is 11.0 Å². The lowest BCUT2D eigenvalue weighted by Crippen LogP contribution is -2.42. The summed E-state index contributed by atoms with van der Waals surface area (Å²) in [5, 5.41) is 4.04. The molecular weight excluding hydrogens is 328 g/mol. The van der Waals surface area contributed by atoms with E-state index in [0.29, 0.717) is 37.5 Å². The van der Waals surface area contributed by atoms with E-state index in [0.717, 1.165) is 5.56 Å². The topological polar surface area (TPSA) is 77.3 Å². The Balaban J connectivity index is 1.67. The number of hydrogen-bond acceptors (Lipinski definition) is 5. The second-order valence-electron chi connectivity index (χ2n) is 6.06. The Kier molecular flexibility index (Phi) is 4.60. The van der Waals surface area contributed by atoms with Crippen LogP contribution in [0.25, 0.3) is 0 Å². The van der Waals surface area contributed by atoms with Crippen LogP contribution < -0.4 is 4.74 Å². The van der Waals surface area contributed by atoms with Crippen molar-refractivity contribution in [3.05, 3.63) is 35.8 Å². The average Bonchev–Trinajstić information content (AvgIpc) is 2.90. The summed E-state index contributed by atoms with van der Waals surface area (Å²) in [5.74, 6) is 0.627. The summed E-state index contributed by atoms with van der Waals surface area (Å²) in [6, 6.07) is 3.82. The van der Waals surface area contributed by atoms with Crippen LogP contribution in [0.5, 0.6) is 5.88 Å². The van der Waals surface area contributed by atoms with Gasteiger partial charge in [0.1, 0.15) is 11.0 Å². The van der Waals surface area contributed by atoms with Crippen LogP contribution >= 0.6 is 0 Å². The molecule has 8 heteroatoms.